The second-order valence-corrected chi connectivity index (χ2v) is 3.58. The van der Waals surface area contributed by atoms with Crippen molar-refractivity contribution in [3.63, 3.8) is 0 Å². The van der Waals surface area contributed by atoms with Gasteiger partial charge >= 0.3 is 5.97 Å². The first-order valence-electron chi connectivity index (χ1n) is 5.34. The monoisotopic (exact) mass is 222 g/mol. The summed E-state index contributed by atoms with van der Waals surface area (Å²) in [6.45, 7) is 3.98. The van der Waals surface area contributed by atoms with Crippen LogP contribution >= 0.6 is 0 Å². The SMILES string of the molecule is CCOC(=O)c1ccc(=O)n2c1CNCC2. The molecule has 0 amide bonds. The molecule has 0 radical (unpaired) electrons. The summed E-state index contributed by atoms with van der Waals surface area (Å²) >= 11 is 0. The topological polar surface area (TPSA) is 60.3 Å². The van der Waals surface area contributed by atoms with Gasteiger partial charge < -0.3 is 14.6 Å². The number of pyridine rings is 1. The van der Waals surface area contributed by atoms with Crippen LogP contribution in [0.1, 0.15) is 23.0 Å². The molecule has 0 bridgehead atoms. The Hall–Kier alpha value is -1.62. The van der Waals surface area contributed by atoms with Crippen molar-refractivity contribution in [2.24, 2.45) is 0 Å². The van der Waals surface area contributed by atoms with E-state index in [0.29, 0.717) is 25.3 Å². The number of hydrogen-bond donors (Lipinski definition) is 1. The molecule has 16 heavy (non-hydrogen) atoms. The van der Waals surface area contributed by atoms with Gasteiger partial charge in [0.25, 0.3) is 5.56 Å². The summed E-state index contributed by atoms with van der Waals surface area (Å²) in [7, 11) is 0. The summed E-state index contributed by atoms with van der Waals surface area (Å²) in [5, 5.41) is 3.14. The lowest BCUT2D eigenvalue weighted by Crippen LogP contribution is -2.37. The Morgan fingerprint density at radius 2 is 2.38 bits per heavy atom. The number of esters is 1. The molecular formula is C11H14N2O3. The molecule has 1 N–H and O–H groups in total. The van der Waals surface area contributed by atoms with Gasteiger partial charge in [0.15, 0.2) is 0 Å². The van der Waals surface area contributed by atoms with Gasteiger partial charge in [-0.3, -0.25) is 4.79 Å². The molecule has 0 aliphatic carbocycles. The molecule has 5 heteroatoms. The van der Waals surface area contributed by atoms with Gasteiger partial charge in [-0.05, 0) is 13.0 Å². The van der Waals surface area contributed by atoms with Gasteiger partial charge in [-0.1, -0.05) is 0 Å². The molecule has 2 rings (SSSR count). The average Bonchev–Trinajstić information content (AvgIpc) is 2.30. The molecule has 2 heterocycles. The molecule has 5 nitrogen and oxygen atoms in total. The van der Waals surface area contributed by atoms with Crippen molar-refractivity contribution in [2.75, 3.05) is 13.2 Å². The number of carbonyl (C=O) groups excluding carboxylic acids is 1. The van der Waals surface area contributed by atoms with Crippen LogP contribution in [0.25, 0.3) is 0 Å². The van der Waals surface area contributed by atoms with E-state index in [2.05, 4.69) is 5.32 Å². The minimum absolute atomic E-state index is 0.0652. The van der Waals surface area contributed by atoms with Crippen molar-refractivity contribution in [3.05, 3.63) is 33.7 Å². The summed E-state index contributed by atoms with van der Waals surface area (Å²) in [6, 6.07) is 2.96. The second-order valence-electron chi connectivity index (χ2n) is 3.58. The number of carbonyl (C=O) groups is 1. The van der Waals surface area contributed by atoms with Gasteiger partial charge in [0.2, 0.25) is 0 Å². The maximum absolute atomic E-state index is 11.7. The third kappa shape index (κ3) is 1.86. The van der Waals surface area contributed by atoms with Crippen molar-refractivity contribution in [1.82, 2.24) is 9.88 Å². The number of nitrogens with one attached hydrogen (secondary N) is 1. The van der Waals surface area contributed by atoms with Crippen LogP contribution < -0.4 is 10.9 Å². The molecule has 0 saturated heterocycles. The van der Waals surface area contributed by atoms with Crippen LogP contribution in [0.4, 0.5) is 0 Å². The van der Waals surface area contributed by atoms with E-state index < -0.39 is 0 Å². The minimum Gasteiger partial charge on any atom is -0.462 e. The number of aromatic nitrogens is 1. The highest BCUT2D eigenvalue weighted by atomic mass is 16.5. The largest absolute Gasteiger partial charge is 0.462 e. The van der Waals surface area contributed by atoms with Crippen LogP contribution in [0.2, 0.25) is 0 Å². The Labute approximate surface area is 93.0 Å². The lowest BCUT2D eigenvalue weighted by Gasteiger charge is -2.21. The van der Waals surface area contributed by atoms with Crippen LogP contribution in [0.3, 0.4) is 0 Å². The zero-order chi connectivity index (χ0) is 11.5. The molecule has 1 aliphatic rings. The van der Waals surface area contributed by atoms with Gasteiger partial charge in [0.1, 0.15) is 0 Å². The van der Waals surface area contributed by atoms with E-state index in [1.807, 2.05) is 0 Å². The van der Waals surface area contributed by atoms with E-state index in [1.165, 1.54) is 6.07 Å². The molecule has 0 saturated carbocycles. The summed E-state index contributed by atoms with van der Waals surface area (Å²) in [6.07, 6.45) is 0. The summed E-state index contributed by atoms with van der Waals surface area (Å²) in [5.74, 6) is -0.366. The van der Waals surface area contributed by atoms with E-state index in [4.69, 9.17) is 4.74 Å². The highest BCUT2D eigenvalue weighted by molar-refractivity contribution is 5.90. The first kappa shape index (κ1) is 10.9. The number of rotatable bonds is 2. The third-order valence-electron chi connectivity index (χ3n) is 2.60. The average molecular weight is 222 g/mol. The van der Waals surface area contributed by atoms with Gasteiger partial charge in [-0.25, -0.2) is 4.79 Å². The number of nitrogens with zero attached hydrogens (tertiary/aromatic N) is 1. The van der Waals surface area contributed by atoms with E-state index >= 15 is 0 Å². The Kier molecular flexibility index (Phi) is 3.05. The van der Waals surface area contributed by atoms with Crippen LogP contribution in [-0.4, -0.2) is 23.7 Å². The standard InChI is InChI=1S/C11H14N2O3/c1-2-16-11(15)8-3-4-10(14)13-6-5-12-7-9(8)13/h3-4,12H,2,5-7H2,1H3. The van der Waals surface area contributed by atoms with E-state index in [0.717, 1.165) is 12.2 Å². The van der Waals surface area contributed by atoms with Gasteiger partial charge in [-0.15, -0.1) is 0 Å². The molecule has 1 aromatic rings. The molecule has 86 valence electrons. The van der Waals surface area contributed by atoms with Crippen molar-refractivity contribution < 1.29 is 9.53 Å². The first-order valence-corrected chi connectivity index (χ1v) is 5.34. The normalized spacial score (nSPS) is 14.3. The van der Waals surface area contributed by atoms with Crippen molar-refractivity contribution in [3.8, 4) is 0 Å². The number of fused-ring (bicyclic) bond motifs is 1. The molecule has 0 spiro atoms. The zero-order valence-electron chi connectivity index (χ0n) is 9.16. The number of hydrogen-bond acceptors (Lipinski definition) is 4. The van der Waals surface area contributed by atoms with Gasteiger partial charge in [0, 0.05) is 31.4 Å². The maximum atomic E-state index is 11.7. The maximum Gasteiger partial charge on any atom is 0.339 e. The minimum atomic E-state index is -0.366. The predicted octanol–water partition coefficient (Wildman–Crippen LogP) is 0.128. The summed E-state index contributed by atoms with van der Waals surface area (Å²) < 4.78 is 6.58. The molecule has 1 aromatic heterocycles. The Morgan fingerprint density at radius 1 is 1.56 bits per heavy atom. The molecule has 0 unspecified atom stereocenters. The fraction of sp³-hybridized carbons (Fsp3) is 0.455. The lowest BCUT2D eigenvalue weighted by molar-refractivity contribution is 0.0523. The zero-order valence-corrected chi connectivity index (χ0v) is 9.16. The van der Waals surface area contributed by atoms with E-state index in [-0.39, 0.29) is 11.5 Å². The quantitative estimate of drug-likeness (QED) is 0.722. The molecular weight excluding hydrogens is 208 g/mol. The van der Waals surface area contributed by atoms with Crippen LogP contribution in [0.15, 0.2) is 16.9 Å². The molecule has 0 atom stereocenters. The first-order chi connectivity index (χ1) is 7.74. The van der Waals surface area contributed by atoms with Gasteiger partial charge in [-0.2, -0.15) is 0 Å². The second kappa shape index (κ2) is 4.49. The van der Waals surface area contributed by atoms with Crippen LogP contribution in [0.5, 0.6) is 0 Å². The van der Waals surface area contributed by atoms with Crippen molar-refractivity contribution in [1.29, 1.82) is 0 Å². The lowest BCUT2D eigenvalue weighted by atomic mass is 10.1. The fourth-order valence-corrected chi connectivity index (χ4v) is 1.85. The van der Waals surface area contributed by atoms with E-state index in [9.17, 15) is 9.59 Å². The van der Waals surface area contributed by atoms with Crippen molar-refractivity contribution >= 4 is 5.97 Å². The Morgan fingerprint density at radius 3 is 3.12 bits per heavy atom. The Bertz CT molecular complexity index is 465. The third-order valence-corrected chi connectivity index (χ3v) is 2.60. The molecule has 1 aliphatic heterocycles. The predicted molar refractivity (Wildman–Crippen MR) is 58.4 cm³/mol. The molecule has 0 aromatic carbocycles. The van der Waals surface area contributed by atoms with Crippen LogP contribution in [-0.2, 0) is 17.8 Å². The highest BCUT2D eigenvalue weighted by Gasteiger charge is 2.18. The fourth-order valence-electron chi connectivity index (χ4n) is 1.85. The number of ether oxygens (including phenoxy) is 1. The Balaban J connectivity index is 2.47. The summed E-state index contributed by atoms with van der Waals surface area (Å²) in [4.78, 5) is 23.2. The van der Waals surface area contributed by atoms with E-state index in [1.54, 1.807) is 17.6 Å². The van der Waals surface area contributed by atoms with Crippen LogP contribution in [0, 0.1) is 0 Å². The molecule has 0 fully saturated rings. The van der Waals surface area contributed by atoms with Gasteiger partial charge in [0.05, 0.1) is 12.2 Å². The highest BCUT2D eigenvalue weighted by Crippen LogP contribution is 2.10. The van der Waals surface area contributed by atoms with Crippen molar-refractivity contribution in [2.45, 2.75) is 20.0 Å². The smallest absolute Gasteiger partial charge is 0.339 e. The summed E-state index contributed by atoms with van der Waals surface area (Å²) in [5.41, 5.74) is 1.13.